The lowest BCUT2D eigenvalue weighted by Crippen LogP contribution is -2.49. The number of hydrogen-bond donors (Lipinski definition) is 2. The van der Waals surface area contributed by atoms with Crippen LogP contribution in [-0.4, -0.2) is 25.4 Å². The number of carbonyl (C=O) groups is 1. The average Bonchev–Trinajstić information content (AvgIpc) is 2.02. The first-order valence-electron chi connectivity index (χ1n) is 3.12. The Hall–Kier alpha value is -0.420. The van der Waals surface area contributed by atoms with Crippen LogP contribution in [0, 0.1) is 0 Å². The van der Waals surface area contributed by atoms with Gasteiger partial charge < -0.3 is 20.5 Å². The standard InChI is InChI=1S/C5H13N2O4P/c1-5(7,4(6)8)12(9,10-2)11-3/h7H2,1-3H3,(H2,6,8). The van der Waals surface area contributed by atoms with Gasteiger partial charge in [-0.3, -0.25) is 9.36 Å². The van der Waals surface area contributed by atoms with E-state index >= 15 is 0 Å². The molecule has 1 amide bonds. The molecule has 0 aromatic carbocycles. The van der Waals surface area contributed by atoms with Crippen LogP contribution >= 0.6 is 7.60 Å². The van der Waals surface area contributed by atoms with E-state index in [1.54, 1.807) is 0 Å². The maximum absolute atomic E-state index is 11.5. The quantitative estimate of drug-likeness (QED) is 0.597. The van der Waals surface area contributed by atoms with Gasteiger partial charge in [0.1, 0.15) is 0 Å². The van der Waals surface area contributed by atoms with Gasteiger partial charge in [-0.25, -0.2) is 0 Å². The topological polar surface area (TPSA) is 105 Å². The molecule has 72 valence electrons. The molecule has 0 spiro atoms. The molecular weight excluding hydrogens is 183 g/mol. The number of hydrogen-bond acceptors (Lipinski definition) is 5. The van der Waals surface area contributed by atoms with E-state index in [0.29, 0.717) is 0 Å². The van der Waals surface area contributed by atoms with Crippen molar-refractivity contribution < 1.29 is 18.4 Å². The van der Waals surface area contributed by atoms with E-state index < -0.39 is 18.8 Å². The lowest BCUT2D eigenvalue weighted by atomic mass is 10.3. The van der Waals surface area contributed by atoms with Crippen LogP contribution in [0.1, 0.15) is 6.92 Å². The summed E-state index contributed by atoms with van der Waals surface area (Å²) in [7, 11) is -1.36. The number of nitrogens with two attached hydrogens (primary N) is 2. The molecule has 0 radical (unpaired) electrons. The summed E-state index contributed by atoms with van der Waals surface area (Å²) in [5.74, 6) is -0.936. The minimum Gasteiger partial charge on any atom is -0.367 e. The molecule has 0 bridgehead atoms. The van der Waals surface area contributed by atoms with Crippen molar-refractivity contribution in [3.05, 3.63) is 0 Å². The Morgan fingerprint density at radius 1 is 1.42 bits per heavy atom. The summed E-state index contributed by atoms with van der Waals surface area (Å²) >= 11 is 0. The fourth-order valence-electron chi connectivity index (χ4n) is 0.589. The highest BCUT2D eigenvalue weighted by Crippen LogP contribution is 2.55. The first-order chi connectivity index (χ1) is 5.31. The first-order valence-corrected chi connectivity index (χ1v) is 4.66. The summed E-state index contributed by atoms with van der Waals surface area (Å²) in [6, 6.07) is 0. The van der Waals surface area contributed by atoms with Crippen molar-refractivity contribution in [2.45, 2.75) is 12.2 Å². The Labute approximate surface area is 70.7 Å². The van der Waals surface area contributed by atoms with Crippen molar-refractivity contribution in [3.8, 4) is 0 Å². The largest absolute Gasteiger partial charge is 0.367 e. The lowest BCUT2D eigenvalue weighted by molar-refractivity contribution is -0.120. The van der Waals surface area contributed by atoms with Crippen LogP contribution in [0.2, 0.25) is 0 Å². The normalized spacial score (nSPS) is 17.0. The highest BCUT2D eigenvalue weighted by Gasteiger charge is 2.48. The Morgan fingerprint density at radius 2 is 1.75 bits per heavy atom. The Kier molecular flexibility index (Phi) is 3.41. The van der Waals surface area contributed by atoms with Crippen LogP contribution in [0.4, 0.5) is 0 Å². The van der Waals surface area contributed by atoms with Crippen LogP contribution in [0.25, 0.3) is 0 Å². The van der Waals surface area contributed by atoms with Gasteiger partial charge in [-0.1, -0.05) is 0 Å². The Morgan fingerprint density at radius 3 is 1.83 bits per heavy atom. The van der Waals surface area contributed by atoms with E-state index in [0.717, 1.165) is 14.2 Å². The second-order valence-electron chi connectivity index (χ2n) is 2.37. The highest BCUT2D eigenvalue weighted by molar-refractivity contribution is 7.56. The molecule has 7 heteroatoms. The molecule has 0 fully saturated rings. The predicted molar refractivity (Wildman–Crippen MR) is 43.4 cm³/mol. The predicted octanol–water partition coefficient (Wildman–Crippen LogP) is -0.368. The van der Waals surface area contributed by atoms with Gasteiger partial charge in [-0.15, -0.1) is 0 Å². The molecule has 1 atom stereocenters. The minimum absolute atomic E-state index is 0.936. The summed E-state index contributed by atoms with van der Waals surface area (Å²) in [4.78, 5) is 10.8. The molecule has 6 nitrogen and oxygen atoms in total. The van der Waals surface area contributed by atoms with Gasteiger partial charge in [0.15, 0.2) is 5.28 Å². The van der Waals surface area contributed by atoms with Crippen molar-refractivity contribution in [3.63, 3.8) is 0 Å². The SMILES string of the molecule is COP(=O)(OC)C(C)(N)C(N)=O. The van der Waals surface area contributed by atoms with Gasteiger partial charge in [0.05, 0.1) is 0 Å². The van der Waals surface area contributed by atoms with Gasteiger partial charge in [-0.05, 0) is 6.92 Å². The number of primary amides is 1. The summed E-state index contributed by atoms with van der Waals surface area (Å²) in [5.41, 5.74) is 10.3. The molecule has 0 saturated heterocycles. The number of rotatable bonds is 4. The van der Waals surface area contributed by atoms with Gasteiger partial charge in [0, 0.05) is 14.2 Å². The Balaban J connectivity index is 4.98. The zero-order valence-corrected chi connectivity index (χ0v) is 8.13. The summed E-state index contributed by atoms with van der Waals surface area (Å²) < 4.78 is 20.6. The molecule has 0 aliphatic carbocycles. The van der Waals surface area contributed by atoms with Gasteiger partial charge in [0.2, 0.25) is 5.91 Å². The van der Waals surface area contributed by atoms with Crippen LogP contribution in [-0.2, 0) is 18.4 Å². The molecule has 0 aromatic rings. The smallest absolute Gasteiger partial charge is 0.359 e. The molecule has 12 heavy (non-hydrogen) atoms. The average molecular weight is 196 g/mol. The van der Waals surface area contributed by atoms with Crippen molar-refractivity contribution >= 4 is 13.5 Å². The van der Waals surface area contributed by atoms with E-state index in [4.69, 9.17) is 11.5 Å². The molecule has 0 heterocycles. The monoisotopic (exact) mass is 196 g/mol. The molecule has 4 N–H and O–H groups in total. The van der Waals surface area contributed by atoms with Gasteiger partial charge >= 0.3 is 7.60 Å². The summed E-state index contributed by atoms with van der Waals surface area (Å²) in [6.07, 6.45) is 0. The molecule has 0 aromatic heterocycles. The van der Waals surface area contributed by atoms with Crippen molar-refractivity contribution in [1.82, 2.24) is 0 Å². The number of amides is 1. The molecule has 0 aliphatic rings. The van der Waals surface area contributed by atoms with E-state index in [2.05, 4.69) is 9.05 Å². The molecular formula is C5H13N2O4P. The summed E-state index contributed by atoms with van der Waals surface area (Å²) in [6.45, 7) is 1.20. The maximum Gasteiger partial charge on any atom is 0.359 e. The zero-order chi connectivity index (χ0) is 9.99. The minimum atomic E-state index is -3.64. The summed E-state index contributed by atoms with van der Waals surface area (Å²) in [5, 5.41) is -1.80. The van der Waals surface area contributed by atoms with E-state index in [-0.39, 0.29) is 0 Å². The fraction of sp³-hybridized carbons (Fsp3) is 0.800. The third kappa shape index (κ3) is 1.67. The van der Waals surface area contributed by atoms with E-state index in [1.165, 1.54) is 6.92 Å². The third-order valence-electron chi connectivity index (χ3n) is 1.55. The Bertz CT molecular complexity index is 219. The van der Waals surface area contributed by atoms with Crippen LogP contribution in [0.3, 0.4) is 0 Å². The van der Waals surface area contributed by atoms with Crippen LogP contribution in [0.15, 0.2) is 0 Å². The molecule has 0 aliphatic heterocycles. The fourth-order valence-corrected chi connectivity index (χ4v) is 1.77. The molecule has 1 unspecified atom stereocenters. The van der Waals surface area contributed by atoms with Crippen molar-refractivity contribution in [2.75, 3.05) is 14.2 Å². The van der Waals surface area contributed by atoms with E-state index in [1.807, 2.05) is 0 Å². The second kappa shape index (κ2) is 3.53. The van der Waals surface area contributed by atoms with Gasteiger partial charge in [0.25, 0.3) is 0 Å². The molecule has 0 saturated carbocycles. The highest BCUT2D eigenvalue weighted by atomic mass is 31.2. The van der Waals surface area contributed by atoms with Crippen molar-refractivity contribution in [2.24, 2.45) is 11.5 Å². The van der Waals surface area contributed by atoms with Crippen LogP contribution in [0.5, 0.6) is 0 Å². The zero-order valence-electron chi connectivity index (χ0n) is 7.23. The van der Waals surface area contributed by atoms with Crippen LogP contribution < -0.4 is 11.5 Å². The first kappa shape index (κ1) is 11.6. The number of carbonyl (C=O) groups excluding carboxylic acids is 1. The lowest BCUT2D eigenvalue weighted by Gasteiger charge is -2.27. The van der Waals surface area contributed by atoms with Crippen molar-refractivity contribution in [1.29, 1.82) is 0 Å². The maximum atomic E-state index is 11.5. The van der Waals surface area contributed by atoms with E-state index in [9.17, 15) is 9.36 Å². The second-order valence-corrected chi connectivity index (χ2v) is 5.03. The molecule has 0 rings (SSSR count). The third-order valence-corrected chi connectivity index (χ3v) is 3.87. The van der Waals surface area contributed by atoms with Gasteiger partial charge in [-0.2, -0.15) is 0 Å².